The molecule has 0 radical (unpaired) electrons. The van der Waals surface area contributed by atoms with Crippen molar-refractivity contribution in [1.82, 2.24) is 0 Å². The topological polar surface area (TPSA) is 81.4 Å². The minimum atomic E-state index is -0.554. The van der Waals surface area contributed by atoms with Gasteiger partial charge >= 0.3 is 5.97 Å². The average molecular weight is 296 g/mol. The van der Waals surface area contributed by atoms with E-state index < -0.39 is 6.04 Å². The zero-order valence-electron chi connectivity index (χ0n) is 11.8. The number of rotatable bonds is 5. The van der Waals surface area contributed by atoms with E-state index in [-0.39, 0.29) is 11.9 Å². The van der Waals surface area contributed by atoms with Gasteiger partial charge in [0.15, 0.2) is 0 Å². The van der Waals surface area contributed by atoms with Crippen molar-refractivity contribution in [3.8, 4) is 0 Å². The van der Waals surface area contributed by atoms with Crippen molar-refractivity contribution in [2.24, 2.45) is 5.73 Å². The van der Waals surface area contributed by atoms with E-state index in [1.165, 1.54) is 16.2 Å². The standard InChI is InChI=1S/C14H20N2O3S/c1-3-9(15)12(17)16-13-11(14(18)19-4-2)8-6-5-7-10(8)20-13/h9H,3-7,15H2,1-2H3,(H,16,17). The number of amides is 1. The molecule has 0 fully saturated rings. The molecule has 6 heteroatoms. The van der Waals surface area contributed by atoms with Crippen molar-refractivity contribution in [2.75, 3.05) is 11.9 Å². The first-order valence-electron chi connectivity index (χ1n) is 6.96. The number of fused-ring (bicyclic) bond motifs is 1. The number of carbonyl (C=O) groups excluding carboxylic acids is 2. The van der Waals surface area contributed by atoms with Gasteiger partial charge in [-0.25, -0.2) is 4.79 Å². The number of carbonyl (C=O) groups is 2. The first-order valence-corrected chi connectivity index (χ1v) is 7.78. The van der Waals surface area contributed by atoms with Gasteiger partial charge in [0.2, 0.25) is 5.91 Å². The van der Waals surface area contributed by atoms with E-state index in [0.29, 0.717) is 23.6 Å². The normalized spacial score (nSPS) is 14.8. The van der Waals surface area contributed by atoms with E-state index in [0.717, 1.165) is 24.8 Å². The summed E-state index contributed by atoms with van der Waals surface area (Å²) < 4.78 is 5.11. The molecular formula is C14H20N2O3S. The van der Waals surface area contributed by atoms with Gasteiger partial charge < -0.3 is 15.8 Å². The Hall–Kier alpha value is -1.40. The number of ether oxygens (including phenoxy) is 1. The molecule has 1 aliphatic carbocycles. The Morgan fingerprint density at radius 1 is 1.40 bits per heavy atom. The third kappa shape index (κ3) is 2.86. The van der Waals surface area contributed by atoms with E-state index in [1.54, 1.807) is 6.92 Å². The van der Waals surface area contributed by atoms with E-state index in [4.69, 9.17) is 10.5 Å². The molecule has 1 heterocycles. The molecule has 0 aliphatic heterocycles. The molecule has 110 valence electrons. The lowest BCUT2D eigenvalue weighted by molar-refractivity contribution is -0.117. The van der Waals surface area contributed by atoms with E-state index >= 15 is 0 Å². The predicted molar refractivity (Wildman–Crippen MR) is 79.2 cm³/mol. The second-order valence-corrected chi connectivity index (χ2v) is 5.89. The Morgan fingerprint density at radius 2 is 2.15 bits per heavy atom. The van der Waals surface area contributed by atoms with Crippen LogP contribution >= 0.6 is 11.3 Å². The minimum Gasteiger partial charge on any atom is -0.462 e. The minimum absolute atomic E-state index is 0.252. The monoisotopic (exact) mass is 296 g/mol. The Morgan fingerprint density at radius 3 is 2.80 bits per heavy atom. The van der Waals surface area contributed by atoms with Crippen LogP contribution in [-0.2, 0) is 22.4 Å². The van der Waals surface area contributed by atoms with Crippen LogP contribution in [0.5, 0.6) is 0 Å². The van der Waals surface area contributed by atoms with Gasteiger partial charge in [-0.05, 0) is 38.2 Å². The second kappa shape index (κ2) is 6.37. The quantitative estimate of drug-likeness (QED) is 0.815. The lowest BCUT2D eigenvalue weighted by atomic mass is 10.1. The van der Waals surface area contributed by atoms with Crippen molar-refractivity contribution < 1.29 is 14.3 Å². The number of hydrogen-bond acceptors (Lipinski definition) is 5. The van der Waals surface area contributed by atoms with Gasteiger partial charge in [-0.3, -0.25) is 4.79 Å². The van der Waals surface area contributed by atoms with E-state index in [2.05, 4.69) is 5.32 Å². The molecule has 2 rings (SSSR count). The molecule has 1 aromatic heterocycles. The molecule has 0 aromatic carbocycles. The highest BCUT2D eigenvalue weighted by Gasteiger charge is 2.28. The Kier molecular flexibility index (Phi) is 4.77. The average Bonchev–Trinajstić information content (AvgIpc) is 2.97. The summed E-state index contributed by atoms with van der Waals surface area (Å²) >= 11 is 1.47. The number of thiophene rings is 1. The highest BCUT2D eigenvalue weighted by atomic mass is 32.1. The summed E-state index contributed by atoms with van der Waals surface area (Å²) in [6.45, 7) is 3.95. The van der Waals surface area contributed by atoms with Crippen LogP contribution < -0.4 is 11.1 Å². The summed E-state index contributed by atoms with van der Waals surface area (Å²) in [6, 6.07) is -0.554. The Labute approximate surface area is 122 Å². The van der Waals surface area contributed by atoms with Crippen LogP contribution in [0.2, 0.25) is 0 Å². The molecule has 5 nitrogen and oxygen atoms in total. The van der Waals surface area contributed by atoms with Crippen LogP contribution in [0.3, 0.4) is 0 Å². The number of aryl methyl sites for hydroxylation is 1. The fraction of sp³-hybridized carbons (Fsp3) is 0.571. The van der Waals surface area contributed by atoms with Gasteiger partial charge in [0.1, 0.15) is 5.00 Å². The van der Waals surface area contributed by atoms with Crippen molar-refractivity contribution in [3.05, 3.63) is 16.0 Å². The van der Waals surface area contributed by atoms with Crippen LogP contribution in [0, 0.1) is 0 Å². The zero-order chi connectivity index (χ0) is 14.7. The smallest absolute Gasteiger partial charge is 0.341 e. The lowest BCUT2D eigenvalue weighted by Gasteiger charge is -2.11. The lowest BCUT2D eigenvalue weighted by Crippen LogP contribution is -2.35. The van der Waals surface area contributed by atoms with Crippen molar-refractivity contribution in [1.29, 1.82) is 0 Å². The molecule has 20 heavy (non-hydrogen) atoms. The summed E-state index contributed by atoms with van der Waals surface area (Å²) in [7, 11) is 0. The van der Waals surface area contributed by atoms with Crippen LogP contribution in [0.15, 0.2) is 0 Å². The SMILES string of the molecule is CCOC(=O)c1c(NC(=O)C(N)CC)sc2c1CCC2. The number of anilines is 1. The predicted octanol–water partition coefficient (Wildman–Crippen LogP) is 2.09. The van der Waals surface area contributed by atoms with Gasteiger partial charge in [-0.2, -0.15) is 0 Å². The van der Waals surface area contributed by atoms with Gasteiger partial charge in [0.05, 0.1) is 18.2 Å². The summed E-state index contributed by atoms with van der Waals surface area (Å²) in [4.78, 5) is 25.2. The fourth-order valence-corrected chi connectivity index (χ4v) is 3.58. The molecule has 1 unspecified atom stereocenters. The highest BCUT2D eigenvalue weighted by molar-refractivity contribution is 7.17. The largest absolute Gasteiger partial charge is 0.462 e. The Bertz CT molecular complexity index is 525. The van der Waals surface area contributed by atoms with Gasteiger partial charge in [0, 0.05) is 4.88 Å². The van der Waals surface area contributed by atoms with Gasteiger partial charge in [-0.1, -0.05) is 6.92 Å². The maximum atomic E-state index is 12.1. The summed E-state index contributed by atoms with van der Waals surface area (Å²) in [5, 5.41) is 3.37. The van der Waals surface area contributed by atoms with Crippen LogP contribution in [0.25, 0.3) is 0 Å². The van der Waals surface area contributed by atoms with Crippen molar-refractivity contribution >= 4 is 28.2 Å². The first kappa shape index (κ1) is 15.0. The molecule has 1 aromatic rings. The highest BCUT2D eigenvalue weighted by Crippen LogP contribution is 2.39. The maximum absolute atomic E-state index is 12.1. The summed E-state index contributed by atoms with van der Waals surface area (Å²) in [6.07, 6.45) is 3.44. The van der Waals surface area contributed by atoms with Crippen LogP contribution in [0.1, 0.15) is 47.5 Å². The van der Waals surface area contributed by atoms with Gasteiger partial charge in [0.25, 0.3) is 0 Å². The number of esters is 1. The van der Waals surface area contributed by atoms with Crippen molar-refractivity contribution in [2.45, 2.75) is 45.6 Å². The van der Waals surface area contributed by atoms with Crippen LogP contribution in [0.4, 0.5) is 5.00 Å². The van der Waals surface area contributed by atoms with E-state index in [9.17, 15) is 9.59 Å². The van der Waals surface area contributed by atoms with Gasteiger partial charge in [-0.15, -0.1) is 11.3 Å². The molecule has 1 amide bonds. The van der Waals surface area contributed by atoms with Crippen molar-refractivity contribution in [3.63, 3.8) is 0 Å². The van der Waals surface area contributed by atoms with E-state index in [1.807, 2.05) is 6.92 Å². The molecule has 0 saturated heterocycles. The zero-order valence-corrected chi connectivity index (χ0v) is 12.6. The van der Waals surface area contributed by atoms with Crippen LogP contribution in [-0.4, -0.2) is 24.5 Å². The molecule has 0 spiro atoms. The molecule has 3 N–H and O–H groups in total. The molecule has 0 bridgehead atoms. The number of hydrogen-bond donors (Lipinski definition) is 2. The first-order chi connectivity index (χ1) is 9.58. The second-order valence-electron chi connectivity index (χ2n) is 4.79. The molecular weight excluding hydrogens is 276 g/mol. The number of nitrogens with one attached hydrogen (secondary N) is 1. The summed E-state index contributed by atoms with van der Waals surface area (Å²) in [5.74, 6) is -0.606. The molecule has 0 saturated carbocycles. The molecule has 1 atom stereocenters. The number of nitrogens with two attached hydrogens (primary N) is 1. The fourth-order valence-electron chi connectivity index (χ4n) is 2.30. The maximum Gasteiger partial charge on any atom is 0.341 e. The summed E-state index contributed by atoms with van der Waals surface area (Å²) in [5.41, 5.74) is 7.28. The molecule has 1 aliphatic rings. The third-order valence-corrected chi connectivity index (χ3v) is 4.62. The Balaban J connectivity index is 2.29. The third-order valence-electron chi connectivity index (χ3n) is 3.41.